The van der Waals surface area contributed by atoms with Crippen LogP contribution in [0.4, 0.5) is 0 Å². The van der Waals surface area contributed by atoms with Gasteiger partial charge in [0.2, 0.25) is 0 Å². The Balaban J connectivity index is 2.66. The third kappa shape index (κ3) is 5.30. The van der Waals surface area contributed by atoms with Crippen molar-refractivity contribution in [2.45, 2.75) is 33.7 Å². The molecular weight excluding hydrogens is 242 g/mol. The second kappa shape index (κ2) is 8.53. The standard InChI is InChI=1S/C15H23NO3/c1-4-9-16-10-13-8-6-7-12(3)15(13)19-11-14(17)18-5-2/h6-8,16H,4-5,9-11H2,1-3H3. The molecular formula is C15H23NO3. The minimum absolute atomic E-state index is 0.0422. The van der Waals surface area contributed by atoms with E-state index in [9.17, 15) is 4.79 Å². The van der Waals surface area contributed by atoms with Crippen LogP contribution in [0.15, 0.2) is 18.2 Å². The van der Waals surface area contributed by atoms with Gasteiger partial charge in [0, 0.05) is 12.1 Å². The van der Waals surface area contributed by atoms with Crippen molar-refractivity contribution >= 4 is 5.97 Å². The van der Waals surface area contributed by atoms with Gasteiger partial charge in [-0.05, 0) is 32.4 Å². The first kappa shape index (κ1) is 15.5. The van der Waals surface area contributed by atoms with E-state index in [0.29, 0.717) is 6.61 Å². The lowest BCUT2D eigenvalue weighted by Gasteiger charge is -2.14. The fourth-order valence-corrected chi connectivity index (χ4v) is 1.79. The molecule has 0 aliphatic rings. The summed E-state index contributed by atoms with van der Waals surface area (Å²) in [7, 11) is 0. The van der Waals surface area contributed by atoms with Gasteiger partial charge in [0.25, 0.3) is 0 Å². The number of esters is 1. The highest BCUT2D eigenvalue weighted by atomic mass is 16.6. The summed E-state index contributed by atoms with van der Waals surface area (Å²) in [5.74, 6) is 0.442. The Morgan fingerprint density at radius 3 is 2.79 bits per heavy atom. The molecule has 0 atom stereocenters. The van der Waals surface area contributed by atoms with Crippen LogP contribution >= 0.6 is 0 Å². The number of hydrogen-bond acceptors (Lipinski definition) is 4. The van der Waals surface area contributed by atoms with E-state index in [2.05, 4.69) is 12.2 Å². The van der Waals surface area contributed by atoms with Gasteiger partial charge in [0.15, 0.2) is 6.61 Å². The zero-order valence-electron chi connectivity index (χ0n) is 12.0. The maximum Gasteiger partial charge on any atom is 0.344 e. The minimum Gasteiger partial charge on any atom is -0.481 e. The maximum absolute atomic E-state index is 11.3. The number of carbonyl (C=O) groups excluding carboxylic acids is 1. The van der Waals surface area contributed by atoms with E-state index in [1.54, 1.807) is 6.92 Å². The van der Waals surface area contributed by atoms with Crippen LogP contribution in [0.5, 0.6) is 5.75 Å². The minimum atomic E-state index is -0.335. The van der Waals surface area contributed by atoms with E-state index in [0.717, 1.165) is 36.4 Å². The lowest BCUT2D eigenvalue weighted by molar-refractivity contribution is -0.145. The first-order valence-corrected chi connectivity index (χ1v) is 6.76. The summed E-state index contributed by atoms with van der Waals surface area (Å²) in [6.45, 7) is 7.93. The van der Waals surface area contributed by atoms with Crippen molar-refractivity contribution in [3.8, 4) is 5.75 Å². The quantitative estimate of drug-likeness (QED) is 0.579. The second-order valence-corrected chi connectivity index (χ2v) is 4.33. The molecule has 0 aliphatic heterocycles. The molecule has 4 nitrogen and oxygen atoms in total. The monoisotopic (exact) mass is 265 g/mol. The fourth-order valence-electron chi connectivity index (χ4n) is 1.79. The summed E-state index contributed by atoms with van der Waals surface area (Å²) in [5, 5.41) is 3.34. The maximum atomic E-state index is 11.3. The number of aryl methyl sites for hydroxylation is 1. The highest BCUT2D eigenvalue weighted by Crippen LogP contribution is 2.23. The topological polar surface area (TPSA) is 47.6 Å². The van der Waals surface area contributed by atoms with Gasteiger partial charge in [-0.15, -0.1) is 0 Å². The van der Waals surface area contributed by atoms with Crippen molar-refractivity contribution in [2.24, 2.45) is 0 Å². The summed E-state index contributed by atoms with van der Waals surface area (Å²) in [6, 6.07) is 5.98. The van der Waals surface area contributed by atoms with Gasteiger partial charge in [-0.25, -0.2) is 4.79 Å². The zero-order valence-corrected chi connectivity index (χ0v) is 12.0. The predicted octanol–water partition coefficient (Wildman–Crippen LogP) is 2.44. The SMILES string of the molecule is CCCNCc1cccc(C)c1OCC(=O)OCC. The molecule has 0 saturated heterocycles. The summed E-state index contributed by atoms with van der Waals surface area (Å²) in [6.07, 6.45) is 1.09. The van der Waals surface area contributed by atoms with E-state index in [1.807, 2.05) is 25.1 Å². The van der Waals surface area contributed by atoms with Crippen LogP contribution in [-0.2, 0) is 16.1 Å². The summed E-state index contributed by atoms with van der Waals surface area (Å²) >= 11 is 0. The number of hydrogen-bond donors (Lipinski definition) is 1. The molecule has 0 spiro atoms. The van der Waals surface area contributed by atoms with Crippen LogP contribution in [0.3, 0.4) is 0 Å². The molecule has 19 heavy (non-hydrogen) atoms. The molecule has 1 aromatic rings. The third-order valence-electron chi connectivity index (χ3n) is 2.68. The molecule has 0 saturated carbocycles. The van der Waals surface area contributed by atoms with Crippen LogP contribution in [0.2, 0.25) is 0 Å². The van der Waals surface area contributed by atoms with Gasteiger partial charge < -0.3 is 14.8 Å². The molecule has 1 aromatic carbocycles. The summed E-state index contributed by atoms with van der Waals surface area (Å²) in [4.78, 5) is 11.3. The fraction of sp³-hybridized carbons (Fsp3) is 0.533. The van der Waals surface area contributed by atoms with E-state index in [1.165, 1.54) is 0 Å². The average molecular weight is 265 g/mol. The molecule has 4 heteroatoms. The van der Waals surface area contributed by atoms with Crippen molar-refractivity contribution in [3.63, 3.8) is 0 Å². The van der Waals surface area contributed by atoms with Crippen molar-refractivity contribution < 1.29 is 14.3 Å². The second-order valence-electron chi connectivity index (χ2n) is 4.33. The number of benzene rings is 1. The van der Waals surface area contributed by atoms with Gasteiger partial charge in [-0.2, -0.15) is 0 Å². The van der Waals surface area contributed by atoms with Crippen LogP contribution in [-0.4, -0.2) is 25.7 Å². The van der Waals surface area contributed by atoms with Crippen LogP contribution in [0.1, 0.15) is 31.4 Å². The Labute approximate surface area is 115 Å². The van der Waals surface area contributed by atoms with E-state index < -0.39 is 0 Å². The first-order chi connectivity index (χ1) is 9.19. The molecule has 1 N–H and O–H groups in total. The lowest BCUT2D eigenvalue weighted by Crippen LogP contribution is -2.18. The van der Waals surface area contributed by atoms with Crippen molar-refractivity contribution in [2.75, 3.05) is 19.8 Å². The average Bonchev–Trinajstić information content (AvgIpc) is 2.38. The van der Waals surface area contributed by atoms with E-state index >= 15 is 0 Å². The zero-order chi connectivity index (χ0) is 14.1. The number of para-hydroxylation sites is 1. The van der Waals surface area contributed by atoms with Gasteiger partial charge in [-0.3, -0.25) is 0 Å². The van der Waals surface area contributed by atoms with E-state index in [4.69, 9.17) is 9.47 Å². The Morgan fingerprint density at radius 1 is 1.32 bits per heavy atom. The van der Waals surface area contributed by atoms with Crippen LogP contribution in [0, 0.1) is 6.92 Å². The largest absolute Gasteiger partial charge is 0.481 e. The van der Waals surface area contributed by atoms with Crippen LogP contribution < -0.4 is 10.1 Å². The Hall–Kier alpha value is -1.55. The molecule has 0 heterocycles. The molecule has 1 rings (SSSR count). The Kier molecular flexibility index (Phi) is 6.97. The van der Waals surface area contributed by atoms with Gasteiger partial charge in [0.05, 0.1) is 6.61 Å². The first-order valence-electron chi connectivity index (χ1n) is 6.76. The highest BCUT2D eigenvalue weighted by molar-refractivity contribution is 5.71. The molecule has 0 aliphatic carbocycles. The Bertz CT molecular complexity index is 404. The number of carbonyl (C=O) groups is 1. The Morgan fingerprint density at radius 2 is 2.11 bits per heavy atom. The van der Waals surface area contributed by atoms with Gasteiger partial charge in [-0.1, -0.05) is 25.1 Å². The molecule has 0 fully saturated rings. The van der Waals surface area contributed by atoms with Gasteiger partial charge in [0.1, 0.15) is 5.75 Å². The predicted molar refractivity (Wildman–Crippen MR) is 75.3 cm³/mol. The van der Waals surface area contributed by atoms with Gasteiger partial charge >= 0.3 is 5.97 Å². The summed E-state index contributed by atoms with van der Waals surface area (Å²) in [5.41, 5.74) is 2.10. The highest BCUT2D eigenvalue weighted by Gasteiger charge is 2.09. The van der Waals surface area contributed by atoms with E-state index in [-0.39, 0.29) is 12.6 Å². The number of nitrogens with one attached hydrogen (secondary N) is 1. The third-order valence-corrected chi connectivity index (χ3v) is 2.68. The summed E-state index contributed by atoms with van der Waals surface area (Å²) < 4.78 is 10.5. The molecule has 0 unspecified atom stereocenters. The molecule has 106 valence electrons. The van der Waals surface area contributed by atoms with Crippen molar-refractivity contribution in [1.29, 1.82) is 0 Å². The van der Waals surface area contributed by atoms with Crippen molar-refractivity contribution in [3.05, 3.63) is 29.3 Å². The molecule has 0 amide bonds. The lowest BCUT2D eigenvalue weighted by atomic mass is 10.1. The number of ether oxygens (including phenoxy) is 2. The van der Waals surface area contributed by atoms with Crippen molar-refractivity contribution in [1.82, 2.24) is 5.32 Å². The molecule has 0 bridgehead atoms. The normalized spacial score (nSPS) is 10.3. The van der Waals surface area contributed by atoms with Crippen LogP contribution in [0.25, 0.3) is 0 Å². The number of rotatable bonds is 8. The molecule has 0 aromatic heterocycles. The smallest absolute Gasteiger partial charge is 0.344 e. The molecule has 0 radical (unpaired) electrons.